The monoisotopic (exact) mass is 329 g/mol. The van der Waals surface area contributed by atoms with Gasteiger partial charge in [0, 0.05) is 0 Å². The number of carbonyl (C=O) groups excluding carboxylic acids is 1. The molecule has 2 unspecified atom stereocenters. The number of carbonyl (C=O) groups is 1. The number of amides is 1. The van der Waals surface area contributed by atoms with Crippen LogP contribution in [0.15, 0.2) is 48.5 Å². The average molecular weight is 329 g/mol. The van der Waals surface area contributed by atoms with Gasteiger partial charge in [0.2, 0.25) is 0 Å². The van der Waals surface area contributed by atoms with Gasteiger partial charge in [0.1, 0.15) is 17.2 Å². The van der Waals surface area contributed by atoms with Crippen LogP contribution in [-0.4, -0.2) is 26.2 Å². The first-order valence-corrected chi connectivity index (χ1v) is 7.78. The van der Waals surface area contributed by atoms with Crippen LogP contribution in [0.2, 0.25) is 0 Å². The van der Waals surface area contributed by atoms with Gasteiger partial charge in [-0.2, -0.15) is 0 Å². The molecule has 0 fully saturated rings. The minimum atomic E-state index is -0.598. The van der Waals surface area contributed by atoms with Crippen molar-refractivity contribution in [1.82, 2.24) is 5.32 Å². The van der Waals surface area contributed by atoms with E-state index in [1.807, 2.05) is 31.2 Å². The van der Waals surface area contributed by atoms with Crippen molar-refractivity contribution in [3.63, 3.8) is 0 Å². The van der Waals surface area contributed by atoms with Crippen LogP contribution >= 0.6 is 0 Å². The second-order valence-electron chi connectivity index (χ2n) is 5.44. The van der Waals surface area contributed by atoms with Crippen LogP contribution in [0.1, 0.15) is 25.5 Å². The standard InChI is InChI=1S/C19H23NO4/c1-13(15-5-7-16(22-3)8-6-15)20-19(21)14(2)24-18-11-9-17(23-4)10-12-18/h5-14H,1-4H3,(H,20,21). The van der Waals surface area contributed by atoms with Crippen LogP contribution in [0, 0.1) is 0 Å². The summed E-state index contributed by atoms with van der Waals surface area (Å²) in [5.41, 5.74) is 1.00. The van der Waals surface area contributed by atoms with Crippen LogP contribution in [0.5, 0.6) is 17.2 Å². The third-order valence-corrected chi connectivity index (χ3v) is 3.72. The second kappa shape index (κ2) is 8.24. The Balaban J connectivity index is 1.91. The van der Waals surface area contributed by atoms with Crippen molar-refractivity contribution in [2.24, 2.45) is 0 Å². The SMILES string of the molecule is COc1ccc(OC(C)C(=O)NC(C)c2ccc(OC)cc2)cc1. The van der Waals surface area contributed by atoms with Gasteiger partial charge in [0.25, 0.3) is 5.91 Å². The van der Waals surface area contributed by atoms with E-state index >= 15 is 0 Å². The molecule has 1 amide bonds. The first-order chi connectivity index (χ1) is 11.5. The molecule has 24 heavy (non-hydrogen) atoms. The third kappa shape index (κ3) is 4.65. The number of benzene rings is 2. The van der Waals surface area contributed by atoms with Crippen LogP contribution in [-0.2, 0) is 4.79 Å². The number of ether oxygens (including phenoxy) is 3. The van der Waals surface area contributed by atoms with Crippen molar-refractivity contribution in [2.45, 2.75) is 26.0 Å². The fourth-order valence-electron chi connectivity index (χ4n) is 2.22. The summed E-state index contributed by atoms with van der Waals surface area (Å²) in [6.45, 7) is 3.65. The first-order valence-electron chi connectivity index (χ1n) is 7.78. The fraction of sp³-hybridized carbons (Fsp3) is 0.316. The number of nitrogens with one attached hydrogen (secondary N) is 1. The van der Waals surface area contributed by atoms with Crippen LogP contribution in [0.3, 0.4) is 0 Å². The fourth-order valence-corrected chi connectivity index (χ4v) is 2.22. The lowest BCUT2D eigenvalue weighted by Crippen LogP contribution is -2.37. The van der Waals surface area contributed by atoms with E-state index in [1.54, 1.807) is 45.4 Å². The summed E-state index contributed by atoms with van der Waals surface area (Å²) in [7, 11) is 3.23. The average Bonchev–Trinajstić information content (AvgIpc) is 2.62. The Morgan fingerprint density at radius 3 is 1.79 bits per heavy atom. The van der Waals surface area contributed by atoms with E-state index in [-0.39, 0.29) is 11.9 Å². The zero-order valence-electron chi connectivity index (χ0n) is 14.4. The minimum absolute atomic E-state index is 0.120. The Morgan fingerprint density at radius 1 is 0.833 bits per heavy atom. The summed E-state index contributed by atoms with van der Waals surface area (Å²) in [5, 5.41) is 2.95. The Kier molecular flexibility index (Phi) is 6.07. The Bertz CT molecular complexity index is 652. The molecule has 0 bridgehead atoms. The molecule has 1 N–H and O–H groups in total. The highest BCUT2D eigenvalue weighted by Crippen LogP contribution is 2.19. The summed E-state index contributed by atoms with van der Waals surface area (Å²) in [4.78, 5) is 12.3. The lowest BCUT2D eigenvalue weighted by Gasteiger charge is -2.19. The molecule has 2 rings (SSSR count). The lowest BCUT2D eigenvalue weighted by atomic mass is 10.1. The highest BCUT2D eigenvalue weighted by molar-refractivity contribution is 5.81. The molecule has 0 saturated heterocycles. The molecule has 0 radical (unpaired) electrons. The van der Waals surface area contributed by atoms with E-state index in [0.717, 1.165) is 17.1 Å². The Hall–Kier alpha value is -2.69. The number of hydrogen-bond donors (Lipinski definition) is 1. The van der Waals surface area contributed by atoms with Gasteiger partial charge in [-0.05, 0) is 55.8 Å². The third-order valence-electron chi connectivity index (χ3n) is 3.72. The van der Waals surface area contributed by atoms with Gasteiger partial charge in [0.05, 0.1) is 20.3 Å². The summed E-state index contributed by atoms with van der Waals surface area (Å²) < 4.78 is 15.9. The van der Waals surface area contributed by atoms with Crippen molar-refractivity contribution in [3.8, 4) is 17.2 Å². The van der Waals surface area contributed by atoms with Crippen LogP contribution in [0.4, 0.5) is 0 Å². The maximum atomic E-state index is 12.3. The summed E-state index contributed by atoms with van der Waals surface area (Å²) in [5.74, 6) is 1.98. The van der Waals surface area contributed by atoms with Gasteiger partial charge in [-0.15, -0.1) is 0 Å². The molecule has 0 aliphatic rings. The number of methoxy groups -OCH3 is 2. The molecule has 0 heterocycles. The van der Waals surface area contributed by atoms with Gasteiger partial charge in [-0.1, -0.05) is 12.1 Å². The van der Waals surface area contributed by atoms with E-state index < -0.39 is 6.10 Å². The molecule has 0 aliphatic carbocycles. The highest BCUT2D eigenvalue weighted by atomic mass is 16.5. The molecule has 5 nitrogen and oxygen atoms in total. The zero-order chi connectivity index (χ0) is 17.5. The first kappa shape index (κ1) is 17.7. The largest absolute Gasteiger partial charge is 0.497 e. The number of rotatable bonds is 7. The maximum Gasteiger partial charge on any atom is 0.261 e. The molecule has 128 valence electrons. The Labute approximate surface area is 142 Å². The molecule has 0 aliphatic heterocycles. The van der Waals surface area contributed by atoms with Gasteiger partial charge in [-0.25, -0.2) is 0 Å². The zero-order valence-corrected chi connectivity index (χ0v) is 14.4. The predicted molar refractivity (Wildman–Crippen MR) is 92.6 cm³/mol. The van der Waals surface area contributed by atoms with Gasteiger partial charge in [-0.3, -0.25) is 4.79 Å². The van der Waals surface area contributed by atoms with Crippen molar-refractivity contribution >= 4 is 5.91 Å². The smallest absolute Gasteiger partial charge is 0.261 e. The van der Waals surface area contributed by atoms with E-state index in [2.05, 4.69) is 5.32 Å². The molecule has 2 atom stereocenters. The van der Waals surface area contributed by atoms with E-state index in [9.17, 15) is 4.79 Å². The molecule has 0 saturated carbocycles. The normalized spacial score (nSPS) is 12.8. The van der Waals surface area contributed by atoms with E-state index in [1.165, 1.54) is 0 Å². The summed E-state index contributed by atoms with van der Waals surface area (Å²) in [6, 6.07) is 14.6. The minimum Gasteiger partial charge on any atom is -0.497 e. The lowest BCUT2D eigenvalue weighted by molar-refractivity contribution is -0.127. The van der Waals surface area contributed by atoms with Crippen LogP contribution < -0.4 is 19.5 Å². The van der Waals surface area contributed by atoms with Crippen molar-refractivity contribution in [2.75, 3.05) is 14.2 Å². The summed E-state index contributed by atoms with van der Waals surface area (Å²) in [6.07, 6.45) is -0.598. The second-order valence-corrected chi connectivity index (χ2v) is 5.44. The molecule has 0 aromatic heterocycles. The van der Waals surface area contributed by atoms with Gasteiger partial charge < -0.3 is 19.5 Å². The van der Waals surface area contributed by atoms with Crippen molar-refractivity contribution in [3.05, 3.63) is 54.1 Å². The molecule has 0 spiro atoms. The van der Waals surface area contributed by atoms with Crippen molar-refractivity contribution < 1.29 is 19.0 Å². The molecule has 5 heteroatoms. The number of hydrogen-bond acceptors (Lipinski definition) is 4. The molecular formula is C19H23NO4. The Morgan fingerprint density at radius 2 is 1.29 bits per heavy atom. The van der Waals surface area contributed by atoms with E-state index in [4.69, 9.17) is 14.2 Å². The van der Waals surface area contributed by atoms with Crippen LogP contribution in [0.25, 0.3) is 0 Å². The maximum absolute atomic E-state index is 12.3. The van der Waals surface area contributed by atoms with Crippen molar-refractivity contribution in [1.29, 1.82) is 0 Å². The van der Waals surface area contributed by atoms with E-state index in [0.29, 0.717) is 5.75 Å². The molecule has 2 aromatic rings. The summed E-state index contributed by atoms with van der Waals surface area (Å²) >= 11 is 0. The predicted octanol–water partition coefficient (Wildman–Crippen LogP) is 3.35. The quantitative estimate of drug-likeness (QED) is 0.846. The molecule has 2 aromatic carbocycles. The van der Waals surface area contributed by atoms with Gasteiger partial charge in [0.15, 0.2) is 6.10 Å². The highest BCUT2D eigenvalue weighted by Gasteiger charge is 2.17. The molecular weight excluding hydrogens is 306 g/mol. The topological polar surface area (TPSA) is 56.8 Å². The van der Waals surface area contributed by atoms with Gasteiger partial charge >= 0.3 is 0 Å².